The second-order valence-electron chi connectivity index (χ2n) is 4.89. The lowest BCUT2D eigenvalue weighted by Crippen LogP contribution is -2.11. The summed E-state index contributed by atoms with van der Waals surface area (Å²) in [5, 5.41) is 5.03. The fourth-order valence-corrected chi connectivity index (χ4v) is 3.65. The van der Waals surface area contributed by atoms with E-state index >= 15 is 0 Å². The average Bonchev–Trinajstić information content (AvgIpc) is 2.92. The Kier molecular flexibility index (Phi) is 4.67. The molecule has 0 amide bonds. The molecule has 0 saturated carbocycles. The van der Waals surface area contributed by atoms with Crippen molar-refractivity contribution in [3.05, 3.63) is 41.8 Å². The van der Waals surface area contributed by atoms with Gasteiger partial charge in [-0.15, -0.1) is 11.3 Å². The second-order valence-corrected chi connectivity index (χ2v) is 7.75. The molecule has 0 spiro atoms. The molecule has 2 N–H and O–H groups in total. The monoisotopic (exact) mass is 310 g/mol. The Morgan fingerprint density at radius 2 is 1.75 bits per heavy atom. The number of hydrogen-bond acceptors (Lipinski definition) is 4. The molecule has 0 atom stereocenters. The molecule has 0 aliphatic heterocycles. The highest BCUT2D eigenvalue weighted by atomic mass is 32.2. The van der Waals surface area contributed by atoms with E-state index in [1.165, 1.54) is 11.3 Å². The van der Waals surface area contributed by atoms with Crippen LogP contribution in [-0.2, 0) is 10.0 Å². The van der Waals surface area contributed by atoms with E-state index in [-0.39, 0.29) is 0 Å². The third-order valence-corrected chi connectivity index (χ3v) is 5.39. The summed E-state index contributed by atoms with van der Waals surface area (Å²) in [6, 6.07) is 10.6. The summed E-state index contributed by atoms with van der Waals surface area (Å²) in [5.74, 6) is 0.562. The van der Waals surface area contributed by atoms with E-state index in [0.717, 1.165) is 12.2 Å². The van der Waals surface area contributed by atoms with E-state index in [1.807, 2.05) is 12.1 Å². The van der Waals surface area contributed by atoms with Crippen LogP contribution in [0.5, 0.6) is 0 Å². The molecule has 0 bridgehead atoms. The summed E-state index contributed by atoms with van der Waals surface area (Å²) in [6.45, 7) is 5.16. The van der Waals surface area contributed by atoms with E-state index in [2.05, 4.69) is 23.9 Å². The van der Waals surface area contributed by atoms with Gasteiger partial charge in [0.05, 0.1) is 0 Å². The topological polar surface area (TPSA) is 58.2 Å². The average molecular weight is 310 g/mol. The Morgan fingerprint density at radius 3 is 2.30 bits per heavy atom. The van der Waals surface area contributed by atoms with Crippen LogP contribution in [0.25, 0.3) is 0 Å². The van der Waals surface area contributed by atoms with Crippen LogP contribution in [0.2, 0.25) is 0 Å². The van der Waals surface area contributed by atoms with Crippen molar-refractivity contribution in [2.45, 2.75) is 18.1 Å². The van der Waals surface area contributed by atoms with Gasteiger partial charge in [0.25, 0.3) is 10.0 Å². The molecule has 0 aliphatic rings. The van der Waals surface area contributed by atoms with Crippen molar-refractivity contribution in [1.82, 2.24) is 0 Å². The van der Waals surface area contributed by atoms with Crippen molar-refractivity contribution < 1.29 is 8.42 Å². The van der Waals surface area contributed by atoms with Gasteiger partial charge in [-0.2, -0.15) is 0 Å². The van der Waals surface area contributed by atoms with Crippen LogP contribution in [0.1, 0.15) is 13.8 Å². The summed E-state index contributed by atoms with van der Waals surface area (Å²) in [4.78, 5) is 0. The van der Waals surface area contributed by atoms with Gasteiger partial charge >= 0.3 is 0 Å². The molecule has 0 unspecified atom stereocenters. The van der Waals surface area contributed by atoms with Crippen molar-refractivity contribution in [2.24, 2.45) is 5.92 Å². The number of nitrogens with one attached hydrogen (secondary N) is 2. The smallest absolute Gasteiger partial charge is 0.271 e. The molecule has 0 saturated heterocycles. The molecule has 0 radical (unpaired) electrons. The highest BCUT2D eigenvalue weighted by Gasteiger charge is 2.14. The maximum Gasteiger partial charge on any atom is 0.271 e. The Balaban J connectivity index is 2.04. The fourth-order valence-electron chi connectivity index (χ4n) is 1.60. The first kappa shape index (κ1) is 14.9. The first-order valence-electron chi connectivity index (χ1n) is 6.37. The third-order valence-electron chi connectivity index (χ3n) is 2.61. The van der Waals surface area contributed by atoms with Crippen molar-refractivity contribution in [3.63, 3.8) is 0 Å². The number of sulfonamides is 1. The standard InChI is InChI=1S/C14H18N2O2S2/c1-11(2)10-15-12-5-7-13(8-6-12)16-20(17,18)14-4-3-9-19-14/h3-9,11,15-16H,10H2,1-2H3. The minimum Gasteiger partial charge on any atom is -0.385 e. The van der Waals surface area contributed by atoms with Crippen LogP contribution in [0.3, 0.4) is 0 Å². The molecule has 0 fully saturated rings. The number of hydrogen-bond donors (Lipinski definition) is 2. The summed E-state index contributed by atoms with van der Waals surface area (Å²) >= 11 is 1.20. The highest BCUT2D eigenvalue weighted by molar-refractivity contribution is 7.94. The maximum atomic E-state index is 12.0. The zero-order valence-electron chi connectivity index (χ0n) is 11.5. The van der Waals surface area contributed by atoms with Crippen molar-refractivity contribution in [2.75, 3.05) is 16.6 Å². The largest absolute Gasteiger partial charge is 0.385 e. The molecule has 20 heavy (non-hydrogen) atoms. The fraction of sp³-hybridized carbons (Fsp3) is 0.286. The van der Waals surface area contributed by atoms with Gasteiger partial charge in [-0.3, -0.25) is 4.72 Å². The second kappa shape index (κ2) is 6.28. The van der Waals surface area contributed by atoms with Gasteiger partial charge in [0, 0.05) is 17.9 Å². The highest BCUT2D eigenvalue weighted by Crippen LogP contribution is 2.21. The summed E-state index contributed by atoms with van der Waals surface area (Å²) in [6.07, 6.45) is 0. The predicted molar refractivity (Wildman–Crippen MR) is 84.9 cm³/mol. The summed E-state index contributed by atoms with van der Waals surface area (Å²) in [7, 11) is -3.46. The molecule has 108 valence electrons. The zero-order valence-corrected chi connectivity index (χ0v) is 13.1. The lowest BCUT2D eigenvalue weighted by Gasteiger charge is -2.10. The van der Waals surface area contributed by atoms with Gasteiger partial charge in [-0.05, 0) is 41.6 Å². The molecule has 1 aromatic heterocycles. The molecule has 1 aromatic carbocycles. The Hall–Kier alpha value is -1.53. The van der Waals surface area contributed by atoms with Gasteiger partial charge in [-0.25, -0.2) is 8.42 Å². The first-order valence-corrected chi connectivity index (χ1v) is 8.74. The van der Waals surface area contributed by atoms with Gasteiger partial charge in [0.1, 0.15) is 4.21 Å². The molecule has 2 aromatic rings. The normalized spacial score (nSPS) is 11.6. The van der Waals surface area contributed by atoms with Crippen molar-refractivity contribution in [3.8, 4) is 0 Å². The van der Waals surface area contributed by atoms with E-state index in [4.69, 9.17) is 0 Å². The number of anilines is 2. The number of benzene rings is 1. The first-order chi connectivity index (χ1) is 9.47. The van der Waals surface area contributed by atoms with E-state index in [9.17, 15) is 8.42 Å². The van der Waals surface area contributed by atoms with Crippen LogP contribution in [0.15, 0.2) is 46.0 Å². The van der Waals surface area contributed by atoms with Crippen LogP contribution in [-0.4, -0.2) is 15.0 Å². The van der Waals surface area contributed by atoms with Crippen LogP contribution in [0, 0.1) is 5.92 Å². The van der Waals surface area contributed by atoms with E-state index in [1.54, 1.807) is 29.6 Å². The van der Waals surface area contributed by atoms with Crippen LogP contribution >= 0.6 is 11.3 Å². The van der Waals surface area contributed by atoms with E-state index in [0.29, 0.717) is 15.8 Å². The molecule has 4 nitrogen and oxygen atoms in total. The summed E-state index contributed by atoms with van der Waals surface area (Å²) in [5.41, 5.74) is 1.55. The molecular weight excluding hydrogens is 292 g/mol. The van der Waals surface area contributed by atoms with Crippen molar-refractivity contribution >= 4 is 32.7 Å². The zero-order chi connectivity index (χ0) is 14.6. The SMILES string of the molecule is CC(C)CNc1ccc(NS(=O)(=O)c2cccs2)cc1. The Labute approximate surface area is 123 Å². The van der Waals surface area contributed by atoms with Crippen molar-refractivity contribution in [1.29, 1.82) is 0 Å². The Bertz CT molecular complexity index is 632. The lowest BCUT2D eigenvalue weighted by atomic mass is 10.2. The van der Waals surface area contributed by atoms with Gasteiger partial charge in [0.15, 0.2) is 0 Å². The molecular formula is C14H18N2O2S2. The summed E-state index contributed by atoms with van der Waals surface area (Å²) < 4.78 is 27.0. The predicted octanol–water partition coefficient (Wildman–Crippen LogP) is 3.62. The van der Waals surface area contributed by atoms with E-state index < -0.39 is 10.0 Å². The minimum atomic E-state index is -3.46. The van der Waals surface area contributed by atoms with Gasteiger partial charge in [-0.1, -0.05) is 19.9 Å². The van der Waals surface area contributed by atoms with Gasteiger partial charge < -0.3 is 5.32 Å². The van der Waals surface area contributed by atoms with Crippen LogP contribution < -0.4 is 10.0 Å². The minimum absolute atomic E-state index is 0.319. The quantitative estimate of drug-likeness (QED) is 0.857. The third kappa shape index (κ3) is 3.98. The molecule has 0 aliphatic carbocycles. The van der Waals surface area contributed by atoms with Crippen LogP contribution in [0.4, 0.5) is 11.4 Å². The number of thiophene rings is 1. The maximum absolute atomic E-state index is 12.0. The molecule has 1 heterocycles. The van der Waals surface area contributed by atoms with Gasteiger partial charge in [0.2, 0.25) is 0 Å². The Morgan fingerprint density at radius 1 is 1.10 bits per heavy atom. The molecule has 2 rings (SSSR count). The number of rotatable bonds is 6. The lowest BCUT2D eigenvalue weighted by molar-refractivity contribution is 0.603. The molecule has 6 heteroatoms.